The van der Waals surface area contributed by atoms with Crippen molar-refractivity contribution in [1.29, 1.82) is 0 Å². The van der Waals surface area contributed by atoms with Gasteiger partial charge in [-0.25, -0.2) is 8.42 Å². The first kappa shape index (κ1) is 14.3. The van der Waals surface area contributed by atoms with E-state index >= 15 is 0 Å². The molecule has 0 radical (unpaired) electrons. The lowest BCUT2D eigenvalue weighted by atomic mass is 10.1. The highest BCUT2D eigenvalue weighted by Gasteiger charge is 2.14. The van der Waals surface area contributed by atoms with Crippen LogP contribution in [-0.4, -0.2) is 36.1 Å². The first-order valence-corrected chi connectivity index (χ1v) is 8.95. The lowest BCUT2D eigenvalue weighted by Crippen LogP contribution is -2.10. The van der Waals surface area contributed by atoms with Gasteiger partial charge in [0.1, 0.15) is 9.84 Å². The van der Waals surface area contributed by atoms with Crippen molar-refractivity contribution in [2.45, 2.75) is 6.54 Å². The van der Waals surface area contributed by atoms with E-state index in [1.165, 1.54) is 6.26 Å². The Morgan fingerprint density at radius 2 is 2.00 bits per heavy atom. The Balaban J connectivity index is 2.47. The van der Waals surface area contributed by atoms with Gasteiger partial charge in [-0.2, -0.15) is 0 Å². The number of Topliss-reactive ketones (excluding diaryl/α,β-unsaturated/α-hetero) is 1. The summed E-state index contributed by atoms with van der Waals surface area (Å²) < 4.78 is 24.3. The first-order chi connectivity index (χ1) is 8.92. The van der Waals surface area contributed by atoms with E-state index in [2.05, 4.69) is 15.9 Å². The maximum absolute atomic E-state index is 11.9. The molecule has 2 rings (SSSR count). The van der Waals surface area contributed by atoms with E-state index in [0.717, 1.165) is 10.9 Å². The molecule has 0 atom stereocenters. The molecule has 1 aromatic heterocycles. The molecule has 0 saturated carbocycles. The van der Waals surface area contributed by atoms with Gasteiger partial charge >= 0.3 is 0 Å². The minimum absolute atomic E-state index is 0.00527. The Bertz CT molecular complexity index is 719. The van der Waals surface area contributed by atoms with Crippen molar-refractivity contribution in [3.05, 3.63) is 36.0 Å². The van der Waals surface area contributed by atoms with Crippen LogP contribution in [0, 0.1) is 0 Å². The maximum atomic E-state index is 11.9. The molecule has 0 saturated heterocycles. The highest BCUT2D eigenvalue weighted by Crippen LogP contribution is 2.22. The fourth-order valence-corrected chi connectivity index (χ4v) is 2.82. The molecule has 0 aliphatic carbocycles. The predicted octanol–water partition coefficient (Wildman–Crippen LogP) is 2.26. The highest BCUT2D eigenvalue weighted by atomic mass is 79.9. The molecule has 0 fully saturated rings. The quantitative estimate of drug-likeness (QED) is 0.618. The normalized spacial score (nSPS) is 11.9. The number of sulfone groups is 1. The van der Waals surface area contributed by atoms with Crippen LogP contribution in [0.4, 0.5) is 0 Å². The Morgan fingerprint density at radius 3 is 2.63 bits per heavy atom. The van der Waals surface area contributed by atoms with Gasteiger partial charge in [0.05, 0.1) is 11.1 Å². The van der Waals surface area contributed by atoms with Gasteiger partial charge in [0.2, 0.25) is 0 Å². The van der Waals surface area contributed by atoms with E-state index in [9.17, 15) is 13.2 Å². The fraction of sp³-hybridized carbons (Fsp3) is 0.308. The van der Waals surface area contributed by atoms with Crippen LogP contribution >= 0.6 is 15.9 Å². The van der Waals surface area contributed by atoms with Gasteiger partial charge < -0.3 is 4.57 Å². The van der Waals surface area contributed by atoms with Crippen molar-refractivity contribution >= 4 is 42.5 Å². The van der Waals surface area contributed by atoms with Crippen molar-refractivity contribution in [3.8, 4) is 0 Å². The van der Waals surface area contributed by atoms with Crippen molar-refractivity contribution in [1.82, 2.24) is 4.57 Å². The summed E-state index contributed by atoms with van der Waals surface area (Å²) in [6.45, 7) is 0.356. The summed E-state index contributed by atoms with van der Waals surface area (Å²) in [5.74, 6) is 0.0578. The van der Waals surface area contributed by atoms with Crippen LogP contribution in [0.3, 0.4) is 0 Å². The van der Waals surface area contributed by atoms with Gasteiger partial charge in [0.15, 0.2) is 5.78 Å². The molecule has 0 bridgehead atoms. The van der Waals surface area contributed by atoms with Gasteiger partial charge in [-0.05, 0) is 6.07 Å². The summed E-state index contributed by atoms with van der Waals surface area (Å²) in [4.78, 5) is 11.9. The van der Waals surface area contributed by atoms with E-state index in [0.29, 0.717) is 12.1 Å². The number of benzene rings is 1. The second-order valence-electron chi connectivity index (χ2n) is 4.44. The average molecular weight is 344 g/mol. The van der Waals surface area contributed by atoms with Crippen LogP contribution in [0.25, 0.3) is 10.9 Å². The van der Waals surface area contributed by atoms with Crippen LogP contribution in [0.1, 0.15) is 10.4 Å². The minimum Gasteiger partial charge on any atom is -0.346 e. The number of carbonyl (C=O) groups is 1. The Hall–Kier alpha value is -1.14. The first-order valence-electron chi connectivity index (χ1n) is 5.77. The highest BCUT2D eigenvalue weighted by molar-refractivity contribution is 9.09. The Morgan fingerprint density at radius 1 is 1.32 bits per heavy atom. The van der Waals surface area contributed by atoms with E-state index in [-0.39, 0.29) is 16.9 Å². The third-order valence-electron chi connectivity index (χ3n) is 2.91. The lowest BCUT2D eigenvalue weighted by Gasteiger charge is -2.03. The Labute approximate surface area is 120 Å². The number of ketones is 1. The number of aryl methyl sites for hydroxylation is 1. The number of alkyl halides is 1. The summed E-state index contributed by atoms with van der Waals surface area (Å²) in [5, 5.41) is 1.12. The molecule has 0 aliphatic rings. The van der Waals surface area contributed by atoms with Crippen molar-refractivity contribution < 1.29 is 13.2 Å². The molecule has 2 aromatic rings. The molecular formula is C13H14BrNO3S. The number of hydrogen-bond acceptors (Lipinski definition) is 3. The van der Waals surface area contributed by atoms with Crippen LogP contribution < -0.4 is 0 Å². The SMILES string of the molecule is CS(=O)(=O)CCn1cc(C(=O)CBr)c2ccccc21. The summed E-state index contributed by atoms with van der Waals surface area (Å²) in [7, 11) is -3.02. The van der Waals surface area contributed by atoms with Gasteiger partial charge in [0.25, 0.3) is 0 Å². The van der Waals surface area contributed by atoms with Crippen molar-refractivity contribution in [2.75, 3.05) is 17.3 Å². The van der Waals surface area contributed by atoms with Crippen LogP contribution in [0.2, 0.25) is 0 Å². The minimum atomic E-state index is -3.02. The number of hydrogen-bond donors (Lipinski definition) is 0. The number of aromatic nitrogens is 1. The van der Waals surface area contributed by atoms with Crippen molar-refractivity contribution in [2.24, 2.45) is 0 Å². The van der Waals surface area contributed by atoms with Gasteiger partial charge in [0, 0.05) is 35.5 Å². The zero-order valence-corrected chi connectivity index (χ0v) is 12.9. The zero-order chi connectivity index (χ0) is 14.0. The fourth-order valence-electron chi connectivity index (χ4n) is 1.99. The standard InChI is InChI=1S/C13H14BrNO3S/c1-19(17,18)7-6-15-9-11(13(16)8-14)10-4-2-3-5-12(10)15/h2-5,9H,6-8H2,1H3. The molecule has 4 nitrogen and oxygen atoms in total. The summed E-state index contributed by atoms with van der Waals surface area (Å²) in [6.07, 6.45) is 2.95. The second kappa shape index (κ2) is 5.46. The number of fused-ring (bicyclic) bond motifs is 1. The largest absolute Gasteiger partial charge is 0.346 e. The smallest absolute Gasteiger partial charge is 0.175 e. The molecule has 102 valence electrons. The molecule has 0 amide bonds. The number of para-hydroxylation sites is 1. The van der Waals surface area contributed by atoms with Gasteiger partial charge in [-0.3, -0.25) is 4.79 Å². The third kappa shape index (κ3) is 3.25. The third-order valence-corrected chi connectivity index (χ3v) is 4.35. The predicted molar refractivity (Wildman–Crippen MR) is 79.8 cm³/mol. The summed E-state index contributed by atoms with van der Waals surface area (Å²) in [6, 6.07) is 7.51. The molecule has 6 heteroatoms. The molecule has 0 aliphatic heterocycles. The molecule has 0 unspecified atom stereocenters. The number of rotatable bonds is 5. The molecule has 0 spiro atoms. The number of halogens is 1. The monoisotopic (exact) mass is 343 g/mol. The van der Waals surface area contributed by atoms with Crippen LogP contribution in [0.15, 0.2) is 30.5 Å². The lowest BCUT2D eigenvalue weighted by molar-refractivity contribution is 0.102. The second-order valence-corrected chi connectivity index (χ2v) is 7.26. The number of nitrogens with zero attached hydrogens (tertiary/aromatic N) is 1. The maximum Gasteiger partial charge on any atom is 0.175 e. The van der Waals surface area contributed by atoms with E-state index in [4.69, 9.17) is 0 Å². The van der Waals surface area contributed by atoms with Crippen LogP contribution in [0.5, 0.6) is 0 Å². The van der Waals surface area contributed by atoms with Crippen molar-refractivity contribution in [3.63, 3.8) is 0 Å². The van der Waals surface area contributed by atoms with Crippen LogP contribution in [-0.2, 0) is 16.4 Å². The van der Waals surface area contributed by atoms with E-state index in [1.54, 1.807) is 6.20 Å². The zero-order valence-electron chi connectivity index (χ0n) is 10.5. The molecular weight excluding hydrogens is 330 g/mol. The average Bonchev–Trinajstić information content (AvgIpc) is 2.74. The van der Waals surface area contributed by atoms with Gasteiger partial charge in [-0.15, -0.1) is 0 Å². The summed E-state index contributed by atoms with van der Waals surface area (Å²) in [5.41, 5.74) is 1.51. The molecule has 1 heterocycles. The summed E-state index contributed by atoms with van der Waals surface area (Å²) >= 11 is 3.16. The van der Waals surface area contributed by atoms with E-state index in [1.807, 2.05) is 28.8 Å². The molecule has 19 heavy (non-hydrogen) atoms. The molecule has 1 aromatic carbocycles. The van der Waals surface area contributed by atoms with Gasteiger partial charge in [-0.1, -0.05) is 34.1 Å². The topological polar surface area (TPSA) is 56.1 Å². The Kier molecular flexibility index (Phi) is 4.10. The number of carbonyl (C=O) groups excluding carboxylic acids is 1. The van der Waals surface area contributed by atoms with E-state index < -0.39 is 9.84 Å². The molecule has 0 N–H and O–H groups in total.